The second-order valence-corrected chi connectivity index (χ2v) is 7.24. The van der Waals surface area contributed by atoms with E-state index in [4.69, 9.17) is 9.47 Å². The maximum absolute atomic E-state index is 6.13. The van der Waals surface area contributed by atoms with Gasteiger partial charge in [-0.3, -0.25) is 4.98 Å². The number of hydrogen-bond acceptors (Lipinski definition) is 5. The van der Waals surface area contributed by atoms with E-state index >= 15 is 0 Å². The molecule has 2 aromatic rings. The highest BCUT2D eigenvalue weighted by molar-refractivity contribution is 5.54. The van der Waals surface area contributed by atoms with Crippen LogP contribution in [0.15, 0.2) is 30.6 Å². The first kappa shape index (κ1) is 17.5. The Bertz CT molecular complexity index is 686. The van der Waals surface area contributed by atoms with Gasteiger partial charge in [0.1, 0.15) is 5.75 Å². The van der Waals surface area contributed by atoms with Gasteiger partial charge in [-0.25, -0.2) is 4.68 Å². The average Bonchev–Trinajstić information content (AvgIpc) is 3.20. The highest BCUT2D eigenvalue weighted by Crippen LogP contribution is 2.29. The molecular weight excluding hydrogens is 328 g/mol. The van der Waals surface area contributed by atoms with Gasteiger partial charge in [0.2, 0.25) is 0 Å². The van der Waals surface area contributed by atoms with Crippen molar-refractivity contribution < 1.29 is 9.47 Å². The van der Waals surface area contributed by atoms with Gasteiger partial charge in [-0.05, 0) is 70.2 Å². The topological polar surface area (TPSA) is 61.2 Å². The van der Waals surface area contributed by atoms with Gasteiger partial charge in [0, 0.05) is 18.8 Å². The molecule has 1 atom stereocenters. The lowest BCUT2D eigenvalue weighted by molar-refractivity contribution is -0.0384. The first-order valence-corrected chi connectivity index (χ1v) is 9.79. The van der Waals surface area contributed by atoms with Crippen LogP contribution in [0.4, 0.5) is 0 Å². The average molecular weight is 356 g/mol. The number of hydrogen-bond donors (Lipinski definition) is 1. The summed E-state index contributed by atoms with van der Waals surface area (Å²) in [4.78, 5) is 4.62. The molecule has 140 valence electrons. The first-order chi connectivity index (χ1) is 12.8. The van der Waals surface area contributed by atoms with E-state index in [2.05, 4.69) is 15.4 Å². The van der Waals surface area contributed by atoms with E-state index in [-0.39, 0.29) is 6.23 Å². The zero-order valence-corrected chi connectivity index (χ0v) is 15.4. The summed E-state index contributed by atoms with van der Waals surface area (Å²) in [6, 6.07) is 6.67. The molecule has 0 bridgehead atoms. The fourth-order valence-corrected chi connectivity index (χ4v) is 3.93. The van der Waals surface area contributed by atoms with Crippen LogP contribution < -0.4 is 10.1 Å². The number of ether oxygens (including phenoxy) is 2. The minimum absolute atomic E-state index is 0.0221. The molecule has 2 aliphatic rings. The van der Waals surface area contributed by atoms with Crippen molar-refractivity contribution in [1.82, 2.24) is 20.1 Å². The minimum atomic E-state index is 0.0221. The standard InChI is InChI=1S/C20H28N4O2/c1-21-15-5-7-16(8-6-15)26-17-9-10-18(22-14-17)19-11-12-23-24(19)20-4-2-3-13-25-20/h9-12,14-16,20-21H,2-8,13H2,1H3/t15-,16-,20?. The van der Waals surface area contributed by atoms with E-state index in [1.807, 2.05) is 42.3 Å². The number of aromatic nitrogens is 3. The molecule has 1 saturated carbocycles. The maximum Gasteiger partial charge on any atom is 0.150 e. The third-order valence-electron chi connectivity index (χ3n) is 5.48. The van der Waals surface area contributed by atoms with Crippen LogP contribution in [-0.4, -0.2) is 40.6 Å². The van der Waals surface area contributed by atoms with E-state index in [0.29, 0.717) is 12.1 Å². The summed E-state index contributed by atoms with van der Waals surface area (Å²) in [6.45, 7) is 0.806. The second-order valence-electron chi connectivity index (χ2n) is 7.24. The van der Waals surface area contributed by atoms with E-state index in [1.54, 1.807) is 0 Å². The van der Waals surface area contributed by atoms with Crippen LogP contribution in [0, 0.1) is 0 Å². The van der Waals surface area contributed by atoms with Gasteiger partial charge in [0.15, 0.2) is 6.23 Å². The molecule has 1 aliphatic heterocycles. The molecule has 1 saturated heterocycles. The lowest BCUT2D eigenvalue weighted by Gasteiger charge is -2.28. The summed E-state index contributed by atoms with van der Waals surface area (Å²) in [5, 5.41) is 7.82. The highest BCUT2D eigenvalue weighted by atomic mass is 16.5. The van der Waals surface area contributed by atoms with Crippen LogP contribution in [0.3, 0.4) is 0 Å². The lowest BCUT2D eigenvalue weighted by Crippen LogP contribution is -2.34. The van der Waals surface area contributed by atoms with Gasteiger partial charge in [0.05, 0.1) is 23.7 Å². The molecule has 2 fully saturated rings. The summed E-state index contributed by atoms with van der Waals surface area (Å²) >= 11 is 0. The monoisotopic (exact) mass is 356 g/mol. The van der Waals surface area contributed by atoms with E-state index in [9.17, 15) is 0 Å². The zero-order chi connectivity index (χ0) is 17.8. The molecule has 0 amide bonds. The molecule has 26 heavy (non-hydrogen) atoms. The van der Waals surface area contributed by atoms with Crippen LogP contribution >= 0.6 is 0 Å². The Morgan fingerprint density at radius 1 is 1.12 bits per heavy atom. The van der Waals surface area contributed by atoms with E-state index in [1.165, 1.54) is 19.3 Å². The molecule has 0 radical (unpaired) electrons. The van der Waals surface area contributed by atoms with Crippen molar-refractivity contribution in [2.75, 3.05) is 13.7 Å². The number of nitrogens with zero attached hydrogens (tertiary/aromatic N) is 3. The van der Waals surface area contributed by atoms with Crippen molar-refractivity contribution in [3.05, 3.63) is 30.6 Å². The third kappa shape index (κ3) is 3.91. The van der Waals surface area contributed by atoms with Crippen molar-refractivity contribution in [3.8, 4) is 17.1 Å². The smallest absolute Gasteiger partial charge is 0.150 e. The van der Waals surface area contributed by atoms with Crippen molar-refractivity contribution in [2.45, 2.75) is 63.3 Å². The molecule has 0 aromatic carbocycles. The minimum Gasteiger partial charge on any atom is -0.489 e. The molecule has 6 heteroatoms. The zero-order valence-electron chi connectivity index (χ0n) is 15.4. The SMILES string of the molecule is CN[C@H]1CC[C@H](Oc2ccc(-c3ccnn3C3CCCCO3)nc2)CC1. The van der Waals surface area contributed by atoms with Crippen molar-refractivity contribution >= 4 is 0 Å². The second kappa shape index (κ2) is 8.18. The van der Waals surface area contributed by atoms with Crippen LogP contribution in [0.25, 0.3) is 11.4 Å². The van der Waals surface area contributed by atoms with Crippen LogP contribution in [0.5, 0.6) is 5.75 Å². The number of pyridine rings is 1. The third-order valence-corrected chi connectivity index (χ3v) is 5.48. The summed E-state index contributed by atoms with van der Waals surface area (Å²) in [6.07, 6.45) is 11.8. The molecule has 0 spiro atoms. The predicted molar refractivity (Wildman–Crippen MR) is 100 cm³/mol. The fourth-order valence-electron chi connectivity index (χ4n) is 3.93. The molecule has 1 unspecified atom stereocenters. The molecule has 4 rings (SSSR count). The lowest BCUT2D eigenvalue weighted by atomic mass is 9.93. The summed E-state index contributed by atoms with van der Waals surface area (Å²) < 4.78 is 14.0. The van der Waals surface area contributed by atoms with Crippen molar-refractivity contribution in [3.63, 3.8) is 0 Å². The molecule has 1 aliphatic carbocycles. The summed E-state index contributed by atoms with van der Waals surface area (Å²) in [7, 11) is 2.04. The Kier molecular flexibility index (Phi) is 5.51. The Morgan fingerprint density at radius 2 is 2.00 bits per heavy atom. The van der Waals surface area contributed by atoms with Gasteiger partial charge in [-0.15, -0.1) is 0 Å². The Morgan fingerprint density at radius 3 is 2.69 bits per heavy atom. The van der Waals surface area contributed by atoms with Crippen molar-refractivity contribution in [2.24, 2.45) is 0 Å². The summed E-state index contributed by atoms with van der Waals surface area (Å²) in [5.74, 6) is 0.849. The van der Waals surface area contributed by atoms with Crippen molar-refractivity contribution in [1.29, 1.82) is 0 Å². The number of nitrogens with one attached hydrogen (secondary N) is 1. The molecule has 6 nitrogen and oxygen atoms in total. The maximum atomic E-state index is 6.13. The Hall–Kier alpha value is -1.92. The Balaban J connectivity index is 1.41. The van der Waals surface area contributed by atoms with Gasteiger partial charge in [-0.2, -0.15) is 5.10 Å². The summed E-state index contributed by atoms with van der Waals surface area (Å²) in [5.41, 5.74) is 1.90. The fraction of sp³-hybridized carbons (Fsp3) is 0.600. The Labute approximate surface area is 154 Å². The van der Waals surface area contributed by atoms with E-state index in [0.717, 1.165) is 49.4 Å². The number of rotatable bonds is 5. The van der Waals surface area contributed by atoms with Gasteiger partial charge < -0.3 is 14.8 Å². The molecule has 2 aromatic heterocycles. The first-order valence-electron chi connectivity index (χ1n) is 9.79. The van der Waals surface area contributed by atoms with Gasteiger partial charge in [-0.1, -0.05) is 0 Å². The quantitative estimate of drug-likeness (QED) is 0.888. The molecular formula is C20H28N4O2. The normalized spacial score (nSPS) is 26.6. The largest absolute Gasteiger partial charge is 0.489 e. The highest BCUT2D eigenvalue weighted by Gasteiger charge is 2.22. The van der Waals surface area contributed by atoms with E-state index < -0.39 is 0 Å². The van der Waals surface area contributed by atoms with Crippen LogP contribution in [0.1, 0.15) is 51.2 Å². The molecule has 3 heterocycles. The van der Waals surface area contributed by atoms with Gasteiger partial charge >= 0.3 is 0 Å². The van der Waals surface area contributed by atoms with Gasteiger partial charge in [0.25, 0.3) is 0 Å². The predicted octanol–water partition coefficient (Wildman–Crippen LogP) is 3.55. The molecule has 1 N–H and O–H groups in total. The van der Waals surface area contributed by atoms with Crippen LogP contribution in [0.2, 0.25) is 0 Å². The van der Waals surface area contributed by atoms with Crippen LogP contribution in [-0.2, 0) is 4.74 Å².